The molecule has 25 heavy (non-hydrogen) atoms. The van der Waals surface area contributed by atoms with Crippen molar-refractivity contribution in [3.05, 3.63) is 29.8 Å². The molecule has 2 fully saturated rings. The Morgan fingerprint density at radius 1 is 1.36 bits per heavy atom. The van der Waals surface area contributed by atoms with Gasteiger partial charge in [-0.05, 0) is 62.1 Å². The molecule has 0 aromatic heterocycles. The highest BCUT2D eigenvalue weighted by Crippen LogP contribution is 2.49. The lowest BCUT2D eigenvalue weighted by Crippen LogP contribution is -2.40. The van der Waals surface area contributed by atoms with Crippen molar-refractivity contribution in [2.45, 2.75) is 43.5 Å². The van der Waals surface area contributed by atoms with Gasteiger partial charge in [0.25, 0.3) is 5.91 Å². The summed E-state index contributed by atoms with van der Waals surface area (Å²) in [6.45, 7) is 1.97. The monoisotopic (exact) mass is 360 g/mol. The van der Waals surface area contributed by atoms with Crippen molar-refractivity contribution in [2.24, 2.45) is 17.8 Å². The van der Waals surface area contributed by atoms with Crippen LogP contribution in [0, 0.1) is 30.1 Å². The van der Waals surface area contributed by atoms with Crippen molar-refractivity contribution in [1.82, 2.24) is 10.0 Å². The molecule has 2 bridgehead atoms. The molecule has 0 aliphatic heterocycles. The fraction of sp³-hybridized carbons (Fsp3) is 0.526. The number of terminal acetylenes is 1. The van der Waals surface area contributed by atoms with Gasteiger partial charge in [-0.15, -0.1) is 6.42 Å². The van der Waals surface area contributed by atoms with E-state index in [0.29, 0.717) is 11.5 Å². The number of carbonyl (C=O) groups is 1. The minimum Gasteiger partial charge on any atom is -0.349 e. The predicted octanol–water partition coefficient (Wildman–Crippen LogP) is 2.15. The van der Waals surface area contributed by atoms with Gasteiger partial charge in [0.1, 0.15) is 0 Å². The summed E-state index contributed by atoms with van der Waals surface area (Å²) in [6, 6.07) is 6.14. The first-order valence-corrected chi connectivity index (χ1v) is 10.2. The average molecular weight is 360 g/mol. The average Bonchev–Trinajstić information content (AvgIpc) is 3.23. The molecular weight excluding hydrogens is 336 g/mol. The van der Waals surface area contributed by atoms with Gasteiger partial charge in [-0.2, -0.15) is 4.72 Å². The molecule has 2 aliphatic carbocycles. The Bertz CT molecular complexity index is 797. The summed E-state index contributed by atoms with van der Waals surface area (Å²) >= 11 is 0. The van der Waals surface area contributed by atoms with E-state index < -0.39 is 10.0 Å². The quantitative estimate of drug-likeness (QED) is 0.764. The number of hydrogen-bond donors (Lipinski definition) is 2. The van der Waals surface area contributed by atoms with Crippen LogP contribution < -0.4 is 10.0 Å². The van der Waals surface area contributed by atoms with Crippen molar-refractivity contribution in [2.75, 3.05) is 6.54 Å². The number of carbonyl (C=O) groups excluding carboxylic acids is 1. The molecule has 5 nitrogen and oxygen atoms in total. The summed E-state index contributed by atoms with van der Waals surface area (Å²) in [7, 11) is -3.70. The Labute approximate surface area is 149 Å². The Kier molecular flexibility index (Phi) is 5.16. The Hall–Kier alpha value is -1.84. The summed E-state index contributed by atoms with van der Waals surface area (Å²) < 4.78 is 26.6. The summed E-state index contributed by atoms with van der Waals surface area (Å²) in [6.07, 6.45) is 10.2. The number of nitrogens with one attached hydrogen (secondary N) is 2. The van der Waals surface area contributed by atoms with E-state index in [2.05, 4.69) is 22.9 Å². The second-order valence-electron chi connectivity index (χ2n) is 7.16. The number of hydrogen-bond acceptors (Lipinski definition) is 3. The molecule has 4 unspecified atom stereocenters. The van der Waals surface area contributed by atoms with Crippen LogP contribution in [0.15, 0.2) is 29.2 Å². The number of amides is 1. The van der Waals surface area contributed by atoms with E-state index in [0.717, 1.165) is 11.8 Å². The van der Waals surface area contributed by atoms with E-state index >= 15 is 0 Å². The van der Waals surface area contributed by atoms with E-state index in [4.69, 9.17) is 6.42 Å². The smallest absolute Gasteiger partial charge is 0.251 e. The Morgan fingerprint density at radius 2 is 2.16 bits per heavy atom. The SMILES string of the molecule is C#CCNS(=O)(=O)c1cccc(C(=O)NC(C)C2CC3CCC2C3)c1. The molecular formula is C19H24N2O3S. The maximum Gasteiger partial charge on any atom is 0.251 e. The zero-order valence-corrected chi connectivity index (χ0v) is 15.2. The van der Waals surface area contributed by atoms with Gasteiger partial charge in [-0.1, -0.05) is 18.4 Å². The number of benzene rings is 1. The van der Waals surface area contributed by atoms with E-state index in [-0.39, 0.29) is 23.4 Å². The molecule has 3 rings (SSSR count). The topological polar surface area (TPSA) is 75.3 Å². The number of sulfonamides is 1. The zero-order chi connectivity index (χ0) is 18.0. The van der Waals surface area contributed by atoms with Gasteiger partial charge in [-0.3, -0.25) is 4.79 Å². The minimum atomic E-state index is -3.70. The molecule has 6 heteroatoms. The minimum absolute atomic E-state index is 0.0444. The van der Waals surface area contributed by atoms with Gasteiger partial charge < -0.3 is 5.32 Å². The lowest BCUT2D eigenvalue weighted by Gasteiger charge is -2.28. The summed E-state index contributed by atoms with van der Waals surface area (Å²) in [5, 5.41) is 3.06. The normalized spacial score (nSPS) is 26.2. The molecule has 0 spiro atoms. The van der Waals surface area contributed by atoms with Crippen molar-refractivity contribution >= 4 is 15.9 Å². The molecule has 1 amide bonds. The van der Waals surface area contributed by atoms with E-state index in [1.807, 2.05) is 0 Å². The first kappa shape index (κ1) is 18.0. The van der Waals surface area contributed by atoms with Crippen molar-refractivity contribution < 1.29 is 13.2 Å². The Balaban J connectivity index is 1.68. The first-order chi connectivity index (χ1) is 11.9. The Morgan fingerprint density at radius 3 is 2.80 bits per heavy atom. The highest BCUT2D eigenvalue weighted by Gasteiger charge is 2.42. The van der Waals surface area contributed by atoms with Gasteiger partial charge in [0.05, 0.1) is 11.4 Å². The maximum atomic E-state index is 12.6. The van der Waals surface area contributed by atoms with Gasteiger partial charge in [0.15, 0.2) is 0 Å². The maximum absolute atomic E-state index is 12.6. The number of rotatable bonds is 6. The zero-order valence-electron chi connectivity index (χ0n) is 14.4. The molecule has 2 saturated carbocycles. The second kappa shape index (κ2) is 7.19. The van der Waals surface area contributed by atoms with Crippen LogP contribution in [0.25, 0.3) is 0 Å². The molecule has 134 valence electrons. The van der Waals surface area contributed by atoms with Crippen LogP contribution in [0.2, 0.25) is 0 Å². The molecule has 1 aromatic rings. The van der Waals surface area contributed by atoms with Crippen molar-refractivity contribution in [3.8, 4) is 12.3 Å². The molecule has 1 aromatic carbocycles. The van der Waals surface area contributed by atoms with Gasteiger partial charge in [0, 0.05) is 11.6 Å². The first-order valence-electron chi connectivity index (χ1n) is 8.75. The van der Waals surface area contributed by atoms with Crippen LogP contribution in [0.5, 0.6) is 0 Å². The largest absolute Gasteiger partial charge is 0.349 e. The third kappa shape index (κ3) is 3.88. The van der Waals surface area contributed by atoms with Crippen LogP contribution in [-0.2, 0) is 10.0 Å². The van der Waals surface area contributed by atoms with Gasteiger partial charge >= 0.3 is 0 Å². The van der Waals surface area contributed by atoms with E-state index in [9.17, 15) is 13.2 Å². The molecule has 0 radical (unpaired) electrons. The summed E-state index contributed by atoms with van der Waals surface area (Å²) in [5.41, 5.74) is 0.346. The van der Waals surface area contributed by atoms with Crippen molar-refractivity contribution in [1.29, 1.82) is 0 Å². The van der Waals surface area contributed by atoms with E-state index in [1.54, 1.807) is 12.1 Å². The fourth-order valence-corrected chi connectivity index (χ4v) is 5.31. The summed E-state index contributed by atoms with van der Waals surface area (Å²) in [5.74, 6) is 4.08. The molecule has 2 N–H and O–H groups in total. The van der Waals surface area contributed by atoms with Gasteiger partial charge in [0.2, 0.25) is 10.0 Å². The molecule has 0 heterocycles. The second-order valence-corrected chi connectivity index (χ2v) is 8.92. The third-order valence-corrected chi connectivity index (χ3v) is 6.96. The highest BCUT2D eigenvalue weighted by molar-refractivity contribution is 7.89. The van der Waals surface area contributed by atoms with Gasteiger partial charge in [-0.25, -0.2) is 8.42 Å². The molecule has 4 atom stereocenters. The summed E-state index contributed by atoms with van der Waals surface area (Å²) in [4.78, 5) is 12.6. The molecule has 0 saturated heterocycles. The molecule has 2 aliphatic rings. The van der Waals surface area contributed by atoms with Crippen LogP contribution in [0.3, 0.4) is 0 Å². The standard InChI is InChI=1S/C19H24N2O3S/c1-3-9-20-25(23,24)17-6-4-5-16(12-17)19(22)21-13(2)18-11-14-7-8-15(18)10-14/h1,4-6,12-15,18,20H,7-11H2,2H3,(H,21,22). The van der Waals surface area contributed by atoms with Crippen LogP contribution >= 0.6 is 0 Å². The van der Waals surface area contributed by atoms with E-state index in [1.165, 1.54) is 37.8 Å². The van der Waals surface area contributed by atoms with Crippen LogP contribution in [-0.4, -0.2) is 26.9 Å². The highest BCUT2D eigenvalue weighted by atomic mass is 32.2. The lowest BCUT2D eigenvalue weighted by atomic mass is 9.84. The third-order valence-electron chi connectivity index (χ3n) is 5.56. The fourth-order valence-electron chi connectivity index (χ4n) is 4.33. The van der Waals surface area contributed by atoms with Crippen LogP contribution in [0.1, 0.15) is 43.0 Å². The lowest BCUT2D eigenvalue weighted by molar-refractivity contribution is 0.0915. The predicted molar refractivity (Wildman–Crippen MR) is 96.3 cm³/mol. The number of fused-ring (bicyclic) bond motifs is 2. The van der Waals surface area contributed by atoms with Crippen molar-refractivity contribution in [3.63, 3.8) is 0 Å². The van der Waals surface area contributed by atoms with Crippen LogP contribution in [0.4, 0.5) is 0 Å².